The smallest absolute Gasteiger partial charge is 0.220 e. The van der Waals surface area contributed by atoms with E-state index in [-0.39, 0.29) is 5.91 Å². The Balaban J connectivity index is 1.65. The van der Waals surface area contributed by atoms with E-state index in [1.165, 1.54) is 5.56 Å². The topological polar surface area (TPSA) is 38.3 Å². The first-order chi connectivity index (χ1) is 10.6. The lowest BCUT2D eigenvalue weighted by molar-refractivity contribution is -0.121. The largest absolute Gasteiger partial charge is 0.494 e. The van der Waals surface area contributed by atoms with Gasteiger partial charge in [0.2, 0.25) is 5.91 Å². The Morgan fingerprint density at radius 3 is 2.77 bits per heavy atom. The third-order valence-electron chi connectivity index (χ3n) is 3.35. The first-order valence-corrected chi connectivity index (χ1v) is 8.14. The predicted octanol–water partition coefficient (Wildman–Crippen LogP) is 4.23. The molecule has 4 heteroatoms. The number of ether oxygens (including phenoxy) is 1. The van der Waals surface area contributed by atoms with Crippen molar-refractivity contribution in [1.29, 1.82) is 0 Å². The number of carbonyl (C=O) groups excluding carboxylic acids is 1. The van der Waals surface area contributed by atoms with Gasteiger partial charge in [0.1, 0.15) is 5.75 Å². The highest BCUT2D eigenvalue weighted by molar-refractivity contribution is 9.10. The van der Waals surface area contributed by atoms with Gasteiger partial charge in [-0.15, -0.1) is 0 Å². The molecule has 116 valence electrons. The van der Waals surface area contributed by atoms with E-state index in [1.807, 2.05) is 55.5 Å². The van der Waals surface area contributed by atoms with Crippen LogP contribution in [0.3, 0.4) is 0 Å². The highest BCUT2D eigenvalue weighted by Crippen LogP contribution is 2.17. The Morgan fingerprint density at radius 1 is 1.18 bits per heavy atom. The summed E-state index contributed by atoms with van der Waals surface area (Å²) in [5.74, 6) is 0.871. The van der Waals surface area contributed by atoms with Gasteiger partial charge >= 0.3 is 0 Å². The van der Waals surface area contributed by atoms with Crippen molar-refractivity contribution in [3.63, 3.8) is 0 Å². The summed E-state index contributed by atoms with van der Waals surface area (Å²) in [6.45, 7) is 3.17. The molecule has 3 nitrogen and oxygen atoms in total. The molecule has 2 aromatic rings. The van der Waals surface area contributed by atoms with Crippen molar-refractivity contribution < 1.29 is 9.53 Å². The molecule has 1 N–H and O–H groups in total. The molecule has 0 aliphatic carbocycles. The van der Waals surface area contributed by atoms with Crippen LogP contribution in [-0.2, 0) is 11.3 Å². The maximum Gasteiger partial charge on any atom is 0.220 e. The summed E-state index contributed by atoms with van der Waals surface area (Å²) in [5.41, 5.74) is 2.35. The average Bonchev–Trinajstić information content (AvgIpc) is 2.51. The zero-order valence-electron chi connectivity index (χ0n) is 12.6. The summed E-state index contributed by atoms with van der Waals surface area (Å²) in [4.78, 5) is 11.8. The van der Waals surface area contributed by atoms with Crippen LogP contribution in [0.15, 0.2) is 53.0 Å². The van der Waals surface area contributed by atoms with Crippen molar-refractivity contribution in [3.8, 4) is 5.75 Å². The number of hydrogen-bond donors (Lipinski definition) is 1. The number of carbonyl (C=O) groups is 1. The molecule has 0 fully saturated rings. The molecule has 0 radical (unpaired) electrons. The van der Waals surface area contributed by atoms with E-state index in [9.17, 15) is 4.79 Å². The van der Waals surface area contributed by atoms with Crippen LogP contribution in [-0.4, -0.2) is 12.5 Å². The normalized spacial score (nSPS) is 10.3. The summed E-state index contributed by atoms with van der Waals surface area (Å²) >= 11 is 3.40. The molecule has 22 heavy (non-hydrogen) atoms. The predicted molar refractivity (Wildman–Crippen MR) is 91.9 cm³/mol. The number of halogens is 1. The quantitative estimate of drug-likeness (QED) is 0.749. The van der Waals surface area contributed by atoms with Crippen molar-refractivity contribution in [1.82, 2.24) is 5.32 Å². The van der Waals surface area contributed by atoms with E-state index >= 15 is 0 Å². The molecular weight excluding hydrogens is 342 g/mol. The molecule has 0 bridgehead atoms. The Hall–Kier alpha value is -1.81. The average molecular weight is 362 g/mol. The Kier molecular flexibility index (Phi) is 6.46. The molecule has 0 aliphatic rings. The van der Waals surface area contributed by atoms with Crippen LogP contribution >= 0.6 is 15.9 Å². The van der Waals surface area contributed by atoms with Crippen molar-refractivity contribution in [2.24, 2.45) is 0 Å². The van der Waals surface area contributed by atoms with Gasteiger partial charge in [-0.2, -0.15) is 0 Å². The number of amides is 1. The van der Waals surface area contributed by atoms with Crippen LogP contribution in [0, 0.1) is 6.92 Å². The summed E-state index contributed by atoms with van der Waals surface area (Å²) in [6.07, 6.45) is 1.17. The fraction of sp³-hybridized carbons (Fsp3) is 0.278. The van der Waals surface area contributed by atoms with Crippen LogP contribution < -0.4 is 10.1 Å². The summed E-state index contributed by atoms with van der Waals surface area (Å²) in [6, 6.07) is 15.8. The molecule has 1 amide bonds. The van der Waals surface area contributed by atoms with Crippen molar-refractivity contribution in [3.05, 3.63) is 64.1 Å². The van der Waals surface area contributed by atoms with E-state index in [1.54, 1.807) is 0 Å². The van der Waals surface area contributed by atoms with E-state index in [0.29, 0.717) is 26.0 Å². The molecule has 0 unspecified atom stereocenters. The van der Waals surface area contributed by atoms with Gasteiger partial charge in [0.05, 0.1) is 6.61 Å². The molecule has 2 aromatic carbocycles. The molecule has 0 aliphatic heterocycles. The number of hydrogen-bond acceptors (Lipinski definition) is 2. The molecule has 0 saturated carbocycles. The van der Waals surface area contributed by atoms with E-state index < -0.39 is 0 Å². The third-order valence-corrected chi connectivity index (χ3v) is 3.84. The minimum atomic E-state index is 0.0566. The standard InChI is InChI=1S/C18H20BrNO2/c1-14-6-2-3-7-15(14)13-20-18(21)10-5-11-22-17-9-4-8-16(19)12-17/h2-4,6-9,12H,5,10-11,13H2,1H3,(H,20,21). The van der Waals surface area contributed by atoms with Gasteiger partial charge in [-0.25, -0.2) is 0 Å². The fourth-order valence-electron chi connectivity index (χ4n) is 2.07. The highest BCUT2D eigenvalue weighted by atomic mass is 79.9. The van der Waals surface area contributed by atoms with E-state index in [4.69, 9.17) is 4.74 Å². The summed E-state index contributed by atoms with van der Waals surface area (Å²) < 4.78 is 6.60. The second-order valence-electron chi connectivity index (χ2n) is 5.11. The zero-order valence-corrected chi connectivity index (χ0v) is 14.2. The monoisotopic (exact) mass is 361 g/mol. The first-order valence-electron chi connectivity index (χ1n) is 7.35. The number of aryl methyl sites for hydroxylation is 1. The highest BCUT2D eigenvalue weighted by Gasteiger charge is 2.03. The van der Waals surface area contributed by atoms with Crippen LogP contribution in [0.1, 0.15) is 24.0 Å². The van der Waals surface area contributed by atoms with Crippen molar-refractivity contribution in [2.45, 2.75) is 26.3 Å². The molecule has 0 spiro atoms. The lowest BCUT2D eigenvalue weighted by Gasteiger charge is -2.09. The Morgan fingerprint density at radius 2 is 2.00 bits per heavy atom. The zero-order chi connectivity index (χ0) is 15.8. The summed E-state index contributed by atoms with van der Waals surface area (Å²) in [7, 11) is 0. The second kappa shape index (κ2) is 8.59. The van der Waals surface area contributed by atoms with Crippen molar-refractivity contribution >= 4 is 21.8 Å². The van der Waals surface area contributed by atoms with Gasteiger partial charge in [-0.3, -0.25) is 4.79 Å². The van der Waals surface area contributed by atoms with Crippen LogP contribution in [0.2, 0.25) is 0 Å². The second-order valence-corrected chi connectivity index (χ2v) is 6.03. The van der Waals surface area contributed by atoms with Crippen LogP contribution in [0.5, 0.6) is 5.75 Å². The van der Waals surface area contributed by atoms with E-state index in [0.717, 1.165) is 15.8 Å². The Bertz CT molecular complexity index is 628. The molecule has 0 aromatic heterocycles. The minimum Gasteiger partial charge on any atom is -0.494 e. The van der Waals surface area contributed by atoms with Crippen LogP contribution in [0.25, 0.3) is 0 Å². The number of benzene rings is 2. The van der Waals surface area contributed by atoms with Gasteiger partial charge in [0.15, 0.2) is 0 Å². The van der Waals surface area contributed by atoms with Gasteiger partial charge in [0.25, 0.3) is 0 Å². The fourth-order valence-corrected chi connectivity index (χ4v) is 2.45. The lowest BCUT2D eigenvalue weighted by Crippen LogP contribution is -2.23. The van der Waals surface area contributed by atoms with Crippen LogP contribution in [0.4, 0.5) is 0 Å². The maximum absolute atomic E-state index is 11.8. The maximum atomic E-state index is 11.8. The third kappa shape index (κ3) is 5.53. The Labute approximate surface area is 139 Å². The minimum absolute atomic E-state index is 0.0566. The van der Waals surface area contributed by atoms with Crippen molar-refractivity contribution in [2.75, 3.05) is 6.61 Å². The number of nitrogens with one attached hydrogen (secondary N) is 1. The summed E-state index contributed by atoms with van der Waals surface area (Å²) in [5, 5.41) is 2.95. The molecular formula is C18H20BrNO2. The van der Waals surface area contributed by atoms with Gasteiger partial charge in [-0.05, 0) is 42.7 Å². The molecule has 0 atom stereocenters. The first kappa shape index (κ1) is 16.6. The molecule has 2 rings (SSSR count). The molecule has 0 saturated heterocycles. The number of rotatable bonds is 7. The van der Waals surface area contributed by atoms with Gasteiger partial charge < -0.3 is 10.1 Å². The van der Waals surface area contributed by atoms with Gasteiger partial charge in [0, 0.05) is 17.4 Å². The molecule has 0 heterocycles. The van der Waals surface area contributed by atoms with Gasteiger partial charge in [-0.1, -0.05) is 46.3 Å². The van der Waals surface area contributed by atoms with E-state index in [2.05, 4.69) is 21.2 Å². The lowest BCUT2D eigenvalue weighted by atomic mass is 10.1. The SMILES string of the molecule is Cc1ccccc1CNC(=O)CCCOc1cccc(Br)c1.